The third-order valence-electron chi connectivity index (χ3n) is 7.25. The van der Waals surface area contributed by atoms with Gasteiger partial charge in [0, 0.05) is 27.4 Å². The van der Waals surface area contributed by atoms with Gasteiger partial charge in [0.15, 0.2) is 12.4 Å². The molecule has 1 aromatic heterocycles. The molecule has 0 radical (unpaired) electrons. The van der Waals surface area contributed by atoms with Crippen molar-refractivity contribution in [2.24, 2.45) is 5.10 Å². The van der Waals surface area contributed by atoms with Crippen molar-refractivity contribution >= 4 is 50.3 Å². The number of nitrogens with one attached hydrogen (secondary N) is 1. The van der Waals surface area contributed by atoms with Crippen molar-refractivity contribution in [3.8, 4) is 22.9 Å². The maximum Gasteiger partial charge on any atom is 0.312 e. The first-order valence-electron chi connectivity index (χ1n) is 14.9. The molecule has 1 N–H and O–H groups in total. The van der Waals surface area contributed by atoms with Crippen LogP contribution in [0.2, 0.25) is 0 Å². The summed E-state index contributed by atoms with van der Waals surface area (Å²) >= 11 is 3.32. The topological polar surface area (TPSA) is 138 Å². The van der Waals surface area contributed by atoms with Crippen LogP contribution in [0.3, 0.4) is 0 Å². The van der Waals surface area contributed by atoms with Crippen LogP contribution in [0.5, 0.6) is 11.5 Å². The van der Waals surface area contributed by atoms with Gasteiger partial charge in [-0.15, -0.1) is 0 Å². The highest BCUT2D eigenvalue weighted by molar-refractivity contribution is 9.10. The fourth-order valence-electron chi connectivity index (χ4n) is 5.04. The average Bonchev–Trinajstić information content (AvgIpc) is 3.04. The lowest BCUT2D eigenvalue weighted by Gasteiger charge is -2.18. The first-order chi connectivity index (χ1) is 22.6. The smallest absolute Gasteiger partial charge is 0.312 e. The molecule has 0 fully saturated rings. The molecule has 240 valence electrons. The van der Waals surface area contributed by atoms with Crippen molar-refractivity contribution in [1.82, 2.24) is 9.66 Å². The van der Waals surface area contributed by atoms with E-state index in [9.17, 15) is 19.7 Å². The molecule has 1 heterocycles. The van der Waals surface area contributed by atoms with E-state index in [0.717, 1.165) is 16.9 Å². The molecular formula is C35H32BrN5O6. The number of rotatable bonds is 11. The molecule has 5 aromatic rings. The number of para-hydroxylation sites is 2. The summed E-state index contributed by atoms with van der Waals surface area (Å²) in [7, 11) is 0. The van der Waals surface area contributed by atoms with Crippen LogP contribution in [0.4, 0.5) is 11.4 Å². The SMILES string of the molecule is CCOc1cc(C)c(-c2nc3ccccc3c(=O)n2N=Cc2cc(Br)cc([N+](=O)[O-])c2OCC(=O)Nc2ccccc2)cc1C(C)C. The maximum absolute atomic E-state index is 13.9. The maximum atomic E-state index is 13.9. The molecule has 0 bridgehead atoms. The molecule has 0 aliphatic heterocycles. The monoisotopic (exact) mass is 697 g/mol. The summed E-state index contributed by atoms with van der Waals surface area (Å²) in [6.45, 7) is 7.92. The number of halogens is 1. The molecule has 11 nitrogen and oxygen atoms in total. The van der Waals surface area contributed by atoms with E-state index in [1.165, 1.54) is 17.0 Å². The van der Waals surface area contributed by atoms with E-state index in [2.05, 4.69) is 40.2 Å². The summed E-state index contributed by atoms with van der Waals surface area (Å²) < 4.78 is 13.2. The summed E-state index contributed by atoms with van der Waals surface area (Å²) in [5.41, 5.74) is 2.81. The molecule has 0 unspecified atom stereocenters. The second-order valence-electron chi connectivity index (χ2n) is 10.9. The number of benzene rings is 4. The van der Waals surface area contributed by atoms with E-state index >= 15 is 0 Å². The van der Waals surface area contributed by atoms with Gasteiger partial charge in [0.05, 0.1) is 28.6 Å². The Bertz CT molecular complexity index is 2060. The zero-order valence-corrected chi connectivity index (χ0v) is 27.8. The summed E-state index contributed by atoms with van der Waals surface area (Å²) in [4.78, 5) is 42.9. The number of fused-ring (bicyclic) bond motifs is 1. The predicted octanol–water partition coefficient (Wildman–Crippen LogP) is 7.46. The summed E-state index contributed by atoms with van der Waals surface area (Å²) in [6, 6.07) is 22.4. The Balaban J connectivity index is 1.63. The normalized spacial score (nSPS) is 11.3. The van der Waals surface area contributed by atoms with E-state index in [-0.39, 0.29) is 28.7 Å². The first kappa shape index (κ1) is 33.0. The fraction of sp³-hybridized carbons (Fsp3) is 0.200. The van der Waals surface area contributed by atoms with Gasteiger partial charge in [0.1, 0.15) is 5.75 Å². The highest BCUT2D eigenvalue weighted by atomic mass is 79.9. The average molecular weight is 699 g/mol. The third-order valence-corrected chi connectivity index (χ3v) is 7.71. The van der Waals surface area contributed by atoms with Gasteiger partial charge in [-0.05, 0) is 73.4 Å². The molecule has 0 atom stereocenters. The Hall–Kier alpha value is -5.36. The van der Waals surface area contributed by atoms with E-state index in [4.69, 9.17) is 14.5 Å². The minimum absolute atomic E-state index is 0.112. The molecule has 0 aliphatic carbocycles. The van der Waals surface area contributed by atoms with Crippen LogP contribution in [0.15, 0.2) is 93.2 Å². The number of carbonyl (C=O) groups excluding carboxylic acids is 1. The molecule has 0 saturated heterocycles. The quantitative estimate of drug-likeness (QED) is 0.0859. The lowest BCUT2D eigenvalue weighted by molar-refractivity contribution is -0.385. The highest BCUT2D eigenvalue weighted by Crippen LogP contribution is 2.36. The number of nitro benzene ring substituents is 1. The molecule has 1 amide bonds. The standard InChI is InChI=1S/C35H32BrN5O6/c1-5-46-31-15-22(4)28(18-27(31)21(2)3)34-39-29-14-10-9-13-26(29)35(43)40(34)37-19-23-16-24(36)17-30(41(44)45)33(23)47-20-32(42)38-25-11-7-6-8-12-25/h6-19,21H,5,20H2,1-4H3,(H,38,42). The number of anilines is 1. The van der Waals surface area contributed by atoms with Gasteiger partial charge in [-0.3, -0.25) is 19.7 Å². The number of aromatic nitrogens is 2. The number of amides is 1. The zero-order valence-electron chi connectivity index (χ0n) is 26.2. The largest absolute Gasteiger partial charge is 0.494 e. The zero-order chi connectivity index (χ0) is 33.7. The molecule has 0 spiro atoms. The van der Waals surface area contributed by atoms with Crippen molar-refractivity contribution in [3.05, 3.63) is 120 Å². The number of hydrogen-bond acceptors (Lipinski definition) is 8. The number of nitrogens with zero attached hydrogens (tertiary/aromatic N) is 4. The second-order valence-corrected chi connectivity index (χ2v) is 11.8. The van der Waals surface area contributed by atoms with Gasteiger partial charge in [-0.25, -0.2) is 4.98 Å². The van der Waals surface area contributed by atoms with Crippen molar-refractivity contribution < 1.29 is 19.2 Å². The van der Waals surface area contributed by atoms with Gasteiger partial charge in [0.2, 0.25) is 5.75 Å². The number of nitro groups is 1. The van der Waals surface area contributed by atoms with Crippen LogP contribution < -0.4 is 20.3 Å². The minimum atomic E-state index is -0.613. The fourth-order valence-corrected chi connectivity index (χ4v) is 5.50. The third kappa shape index (κ3) is 7.39. The molecular weight excluding hydrogens is 666 g/mol. The molecule has 4 aromatic carbocycles. The minimum Gasteiger partial charge on any atom is -0.494 e. The van der Waals surface area contributed by atoms with Crippen molar-refractivity contribution in [2.75, 3.05) is 18.5 Å². The highest BCUT2D eigenvalue weighted by Gasteiger charge is 2.23. The summed E-state index contributed by atoms with van der Waals surface area (Å²) in [6.07, 6.45) is 1.29. The van der Waals surface area contributed by atoms with Crippen molar-refractivity contribution in [2.45, 2.75) is 33.6 Å². The van der Waals surface area contributed by atoms with Gasteiger partial charge >= 0.3 is 5.69 Å². The van der Waals surface area contributed by atoms with Gasteiger partial charge in [-0.1, -0.05) is 60.1 Å². The molecule has 0 saturated carbocycles. The number of carbonyl (C=O) groups is 1. The van der Waals surface area contributed by atoms with Crippen LogP contribution in [0, 0.1) is 17.0 Å². The molecule has 47 heavy (non-hydrogen) atoms. The van der Waals surface area contributed by atoms with Crippen molar-refractivity contribution in [3.63, 3.8) is 0 Å². The number of aryl methyl sites for hydroxylation is 1. The molecule has 5 rings (SSSR count). The Morgan fingerprint density at radius 3 is 2.51 bits per heavy atom. The first-order valence-corrected chi connectivity index (χ1v) is 15.7. The summed E-state index contributed by atoms with van der Waals surface area (Å²) in [5.74, 6) is 0.442. The lowest BCUT2D eigenvalue weighted by Crippen LogP contribution is -2.21. The Morgan fingerprint density at radius 2 is 1.81 bits per heavy atom. The predicted molar refractivity (Wildman–Crippen MR) is 186 cm³/mol. The Kier molecular flexibility index (Phi) is 10.1. The second kappa shape index (κ2) is 14.4. The number of hydrogen-bond donors (Lipinski definition) is 1. The van der Waals surface area contributed by atoms with E-state index in [1.54, 1.807) is 54.6 Å². The van der Waals surface area contributed by atoms with E-state index < -0.39 is 23.0 Å². The Morgan fingerprint density at radius 1 is 1.09 bits per heavy atom. The number of ether oxygens (including phenoxy) is 2. The van der Waals surface area contributed by atoms with Gasteiger partial charge in [0.25, 0.3) is 11.5 Å². The molecule has 12 heteroatoms. The summed E-state index contributed by atoms with van der Waals surface area (Å²) in [5, 5.41) is 19.6. The van der Waals surface area contributed by atoms with E-state index in [1.807, 2.05) is 32.0 Å². The van der Waals surface area contributed by atoms with Crippen LogP contribution in [0.25, 0.3) is 22.3 Å². The Labute approximate surface area is 279 Å². The van der Waals surface area contributed by atoms with Gasteiger partial charge < -0.3 is 14.8 Å². The van der Waals surface area contributed by atoms with Gasteiger partial charge in [-0.2, -0.15) is 9.78 Å². The molecule has 0 aliphatic rings. The van der Waals surface area contributed by atoms with Crippen LogP contribution in [0.1, 0.15) is 43.4 Å². The van der Waals surface area contributed by atoms with Crippen LogP contribution in [-0.2, 0) is 4.79 Å². The van der Waals surface area contributed by atoms with Crippen LogP contribution >= 0.6 is 15.9 Å². The van der Waals surface area contributed by atoms with Crippen LogP contribution in [-0.4, -0.2) is 39.9 Å². The van der Waals surface area contributed by atoms with E-state index in [0.29, 0.717) is 33.2 Å². The van der Waals surface area contributed by atoms with Crippen molar-refractivity contribution in [1.29, 1.82) is 0 Å². The lowest BCUT2D eigenvalue weighted by atomic mass is 9.96.